The highest BCUT2D eigenvalue weighted by molar-refractivity contribution is 7.89. The van der Waals surface area contributed by atoms with E-state index in [1.807, 2.05) is 4.90 Å². The molecule has 9 nitrogen and oxygen atoms in total. The number of likely N-dealkylation sites (tertiary alicyclic amines) is 1. The summed E-state index contributed by atoms with van der Waals surface area (Å²) in [5.74, 6) is 0.357. The fourth-order valence-electron chi connectivity index (χ4n) is 3.92. The average molecular weight is 491 g/mol. The molecule has 1 aliphatic heterocycles. The fraction of sp³-hybridized carbons (Fsp3) is 0.417. The molecule has 1 fully saturated rings. The highest BCUT2D eigenvalue weighted by atomic mass is 32.2. The van der Waals surface area contributed by atoms with Crippen LogP contribution in [0.1, 0.15) is 43.5 Å². The van der Waals surface area contributed by atoms with Crippen LogP contribution in [0.15, 0.2) is 53.4 Å². The number of benzene rings is 2. The van der Waals surface area contributed by atoms with Gasteiger partial charge < -0.3 is 19.1 Å². The molecular formula is C24H30N2O7S. The van der Waals surface area contributed by atoms with Crippen LogP contribution in [0.25, 0.3) is 0 Å². The van der Waals surface area contributed by atoms with Gasteiger partial charge in [-0.05, 0) is 81.6 Å². The van der Waals surface area contributed by atoms with Crippen molar-refractivity contribution in [2.45, 2.75) is 50.1 Å². The highest BCUT2D eigenvalue weighted by Crippen LogP contribution is 2.23. The van der Waals surface area contributed by atoms with Gasteiger partial charge >= 0.3 is 5.97 Å². The summed E-state index contributed by atoms with van der Waals surface area (Å²) in [6, 6.07) is 12.4. The lowest BCUT2D eigenvalue weighted by Gasteiger charge is -2.38. The molecule has 34 heavy (non-hydrogen) atoms. The molecule has 1 heterocycles. The molecule has 2 aromatic carbocycles. The first kappa shape index (κ1) is 25.5. The number of carbonyl (C=O) groups excluding carboxylic acids is 2. The number of esters is 1. The van der Waals surface area contributed by atoms with E-state index in [0.29, 0.717) is 17.1 Å². The molecule has 0 unspecified atom stereocenters. The number of hydrogen-bond donors (Lipinski definition) is 1. The van der Waals surface area contributed by atoms with Crippen LogP contribution in [-0.2, 0) is 19.6 Å². The van der Waals surface area contributed by atoms with Gasteiger partial charge in [0.2, 0.25) is 10.0 Å². The van der Waals surface area contributed by atoms with Crippen LogP contribution in [0.3, 0.4) is 0 Å². The van der Waals surface area contributed by atoms with Gasteiger partial charge in [-0.25, -0.2) is 18.4 Å². The van der Waals surface area contributed by atoms with E-state index in [-0.39, 0.29) is 42.7 Å². The molecule has 1 aliphatic rings. The molecule has 2 N–H and O–H groups in total. The number of ether oxygens (including phenoxy) is 3. The van der Waals surface area contributed by atoms with Gasteiger partial charge in [-0.2, -0.15) is 0 Å². The Bertz CT molecular complexity index is 1080. The largest absolute Gasteiger partial charge is 0.490 e. The van der Waals surface area contributed by atoms with Gasteiger partial charge in [0.25, 0.3) is 5.91 Å². The number of carbonyl (C=O) groups is 2. The van der Waals surface area contributed by atoms with E-state index in [1.54, 1.807) is 24.3 Å². The molecule has 2 aromatic rings. The number of piperidine rings is 1. The maximum atomic E-state index is 12.6. The highest BCUT2D eigenvalue weighted by Gasteiger charge is 2.29. The first-order chi connectivity index (χ1) is 16.1. The Morgan fingerprint density at radius 1 is 0.912 bits per heavy atom. The van der Waals surface area contributed by atoms with Crippen LogP contribution < -0.4 is 14.6 Å². The fourth-order valence-corrected chi connectivity index (χ4v) is 4.44. The van der Waals surface area contributed by atoms with Crippen LogP contribution in [0.2, 0.25) is 0 Å². The predicted octanol–water partition coefficient (Wildman–Crippen LogP) is 2.74. The molecule has 1 saturated heterocycles. The third-order valence-corrected chi connectivity index (χ3v) is 6.60. The lowest BCUT2D eigenvalue weighted by Crippen LogP contribution is -2.49. The van der Waals surface area contributed by atoms with E-state index in [9.17, 15) is 18.0 Å². The number of hydrogen-bond acceptors (Lipinski definition) is 7. The molecule has 0 spiro atoms. The van der Waals surface area contributed by atoms with Crippen molar-refractivity contribution in [2.24, 2.45) is 5.14 Å². The van der Waals surface area contributed by atoms with Gasteiger partial charge in [-0.15, -0.1) is 0 Å². The van der Waals surface area contributed by atoms with Crippen LogP contribution in [0.5, 0.6) is 11.5 Å². The van der Waals surface area contributed by atoms with Crippen LogP contribution >= 0.6 is 0 Å². The van der Waals surface area contributed by atoms with E-state index >= 15 is 0 Å². The second kappa shape index (κ2) is 11.3. The second-order valence-electron chi connectivity index (χ2n) is 8.24. The summed E-state index contributed by atoms with van der Waals surface area (Å²) in [6.07, 6.45) is 3.14. The van der Waals surface area contributed by atoms with E-state index in [0.717, 1.165) is 19.3 Å². The Morgan fingerprint density at radius 3 is 2.06 bits per heavy atom. The quantitative estimate of drug-likeness (QED) is 0.423. The lowest BCUT2D eigenvalue weighted by atomic mass is 9.97. The van der Waals surface area contributed by atoms with E-state index in [2.05, 4.69) is 13.8 Å². The number of rotatable bonds is 9. The van der Waals surface area contributed by atoms with Crippen molar-refractivity contribution in [3.05, 3.63) is 54.1 Å². The third-order valence-electron chi connectivity index (χ3n) is 5.67. The van der Waals surface area contributed by atoms with Crippen molar-refractivity contribution in [1.82, 2.24) is 4.90 Å². The topological polar surface area (TPSA) is 125 Å². The molecule has 3 rings (SSSR count). The summed E-state index contributed by atoms with van der Waals surface area (Å²) in [7, 11) is -3.76. The third kappa shape index (κ3) is 6.94. The van der Waals surface area contributed by atoms with Crippen molar-refractivity contribution in [3.8, 4) is 11.5 Å². The monoisotopic (exact) mass is 490 g/mol. The average Bonchev–Trinajstić information content (AvgIpc) is 2.80. The summed E-state index contributed by atoms with van der Waals surface area (Å²) < 4.78 is 38.7. The smallest absolute Gasteiger partial charge is 0.338 e. The Hall–Kier alpha value is -3.11. The van der Waals surface area contributed by atoms with Gasteiger partial charge in [0.1, 0.15) is 24.7 Å². The summed E-state index contributed by atoms with van der Waals surface area (Å²) in [5, 5.41) is 5.05. The van der Waals surface area contributed by atoms with Gasteiger partial charge in [-0.1, -0.05) is 0 Å². The standard InChI is InChI=1S/C24H30N2O7S/c1-17-4-3-5-18(2)26(17)23(27)16-33-21-8-6-19(7-9-21)24(28)32-15-14-31-20-10-12-22(13-11-20)34(25,29)30/h6-13,17-18H,3-5,14-16H2,1-2H3,(H2,25,29,30)/t17-,18+. The van der Waals surface area contributed by atoms with E-state index in [1.165, 1.54) is 24.3 Å². The van der Waals surface area contributed by atoms with E-state index in [4.69, 9.17) is 19.3 Å². The number of amides is 1. The van der Waals surface area contributed by atoms with Gasteiger partial charge in [0.05, 0.1) is 10.5 Å². The number of nitrogens with two attached hydrogens (primary N) is 1. The molecule has 0 bridgehead atoms. The summed E-state index contributed by atoms with van der Waals surface area (Å²) in [5.41, 5.74) is 0.342. The second-order valence-corrected chi connectivity index (χ2v) is 9.81. The predicted molar refractivity (Wildman–Crippen MR) is 125 cm³/mol. The minimum Gasteiger partial charge on any atom is -0.490 e. The molecule has 0 aromatic heterocycles. The molecule has 0 saturated carbocycles. The number of nitrogens with zero attached hydrogens (tertiary/aromatic N) is 1. The van der Waals surface area contributed by atoms with Gasteiger partial charge in [0.15, 0.2) is 6.61 Å². The number of sulfonamides is 1. The van der Waals surface area contributed by atoms with Crippen molar-refractivity contribution >= 4 is 21.9 Å². The zero-order valence-corrected chi connectivity index (χ0v) is 20.1. The maximum absolute atomic E-state index is 12.6. The van der Waals surface area contributed by atoms with Gasteiger partial charge in [0, 0.05) is 12.1 Å². The Balaban J connectivity index is 1.41. The van der Waals surface area contributed by atoms with Crippen molar-refractivity contribution in [3.63, 3.8) is 0 Å². The molecule has 1 amide bonds. The Labute approximate surface area is 199 Å². The van der Waals surface area contributed by atoms with Crippen LogP contribution in [0, 0.1) is 0 Å². The Kier molecular flexibility index (Phi) is 8.51. The zero-order valence-electron chi connectivity index (χ0n) is 19.3. The Morgan fingerprint density at radius 2 is 1.47 bits per heavy atom. The van der Waals surface area contributed by atoms with Crippen LogP contribution in [0.4, 0.5) is 0 Å². The minimum atomic E-state index is -3.76. The van der Waals surface area contributed by atoms with Crippen LogP contribution in [-0.4, -0.2) is 57.1 Å². The van der Waals surface area contributed by atoms with Crippen molar-refractivity contribution in [1.29, 1.82) is 0 Å². The first-order valence-corrected chi connectivity index (χ1v) is 12.7. The molecule has 0 radical (unpaired) electrons. The molecule has 184 valence electrons. The summed E-state index contributed by atoms with van der Waals surface area (Å²) >= 11 is 0. The molecule has 0 aliphatic carbocycles. The van der Waals surface area contributed by atoms with Crippen molar-refractivity contribution in [2.75, 3.05) is 19.8 Å². The molecular weight excluding hydrogens is 460 g/mol. The van der Waals surface area contributed by atoms with Crippen molar-refractivity contribution < 1.29 is 32.2 Å². The first-order valence-electron chi connectivity index (χ1n) is 11.1. The molecule has 2 atom stereocenters. The minimum absolute atomic E-state index is 0.00866. The maximum Gasteiger partial charge on any atom is 0.338 e. The van der Waals surface area contributed by atoms with E-state index < -0.39 is 16.0 Å². The number of primary sulfonamides is 1. The zero-order chi connectivity index (χ0) is 24.7. The summed E-state index contributed by atoms with van der Waals surface area (Å²) in [6.45, 7) is 4.17. The lowest BCUT2D eigenvalue weighted by molar-refractivity contribution is -0.139. The normalized spacial score (nSPS) is 18.3. The van der Waals surface area contributed by atoms with Gasteiger partial charge in [-0.3, -0.25) is 4.79 Å². The SMILES string of the molecule is C[C@@H]1CCC[C@H](C)N1C(=O)COc1ccc(C(=O)OCCOc2ccc(S(N)(=O)=O)cc2)cc1. The summed E-state index contributed by atoms with van der Waals surface area (Å²) in [4.78, 5) is 26.6. The molecule has 10 heteroatoms.